The summed E-state index contributed by atoms with van der Waals surface area (Å²) in [4.78, 5) is 2.31. The maximum Gasteiger partial charge on any atom is 0.0619 e. The van der Waals surface area contributed by atoms with Crippen LogP contribution in [0.4, 0.5) is 0 Å². The van der Waals surface area contributed by atoms with E-state index in [0.29, 0.717) is 6.04 Å². The van der Waals surface area contributed by atoms with E-state index < -0.39 is 0 Å². The van der Waals surface area contributed by atoms with Gasteiger partial charge in [0.1, 0.15) is 0 Å². The van der Waals surface area contributed by atoms with Crippen LogP contribution in [-0.2, 0) is 4.74 Å². The van der Waals surface area contributed by atoms with E-state index in [1.54, 1.807) is 0 Å². The molecule has 0 amide bonds. The van der Waals surface area contributed by atoms with Crippen LogP contribution in [0.25, 0.3) is 0 Å². The fourth-order valence-corrected chi connectivity index (χ4v) is 0.810. The molecule has 0 aliphatic carbocycles. The Balaban J connectivity index is 0.000000292. The van der Waals surface area contributed by atoms with Crippen molar-refractivity contribution in [2.75, 3.05) is 26.8 Å². The van der Waals surface area contributed by atoms with Gasteiger partial charge in [-0.3, -0.25) is 4.90 Å². The van der Waals surface area contributed by atoms with Crippen LogP contribution in [0.3, 0.4) is 0 Å². The Kier molecular flexibility index (Phi) is 6.57. The van der Waals surface area contributed by atoms with Crippen LogP contribution in [0.5, 0.6) is 0 Å². The standard InChI is InChI=1S/C6H13NO.C3H8/c1-6-5-8-4-3-7(6)2;1-3-2/h6H,3-5H2,1-2H3;3H2,1-2H3/t6-;/m1./s1. The first kappa shape index (κ1) is 10.9. The summed E-state index contributed by atoms with van der Waals surface area (Å²) in [5, 5.41) is 0. The molecular weight excluding hydrogens is 138 g/mol. The van der Waals surface area contributed by atoms with Gasteiger partial charge in [-0.05, 0) is 14.0 Å². The second-order valence-corrected chi connectivity index (χ2v) is 3.11. The fourth-order valence-electron chi connectivity index (χ4n) is 0.810. The van der Waals surface area contributed by atoms with Crippen molar-refractivity contribution in [2.24, 2.45) is 0 Å². The Morgan fingerprint density at radius 3 is 2.27 bits per heavy atom. The quantitative estimate of drug-likeness (QED) is 0.534. The molecule has 1 heterocycles. The average molecular weight is 159 g/mol. The second-order valence-electron chi connectivity index (χ2n) is 3.11. The SMILES string of the molecule is CCC.C[C@@H]1COCCN1C. The molecule has 0 radical (unpaired) electrons. The van der Waals surface area contributed by atoms with Gasteiger partial charge in [-0.25, -0.2) is 0 Å². The Morgan fingerprint density at radius 1 is 1.45 bits per heavy atom. The zero-order valence-corrected chi connectivity index (χ0v) is 8.26. The molecule has 0 aromatic rings. The largest absolute Gasteiger partial charge is 0.379 e. The van der Waals surface area contributed by atoms with E-state index >= 15 is 0 Å². The number of ether oxygens (including phenoxy) is 1. The molecular formula is C9H21NO. The minimum atomic E-state index is 0.615. The molecule has 1 fully saturated rings. The Bertz CT molecular complexity index is 75.6. The number of morpholine rings is 1. The minimum absolute atomic E-state index is 0.615. The molecule has 1 rings (SSSR count). The first-order valence-electron chi connectivity index (χ1n) is 4.50. The van der Waals surface area contributed by atoms with Gasteiger partial charge in [0.25, 0.3) is 0 Å². The summed E-state index contributed by atoms with van der Waals surface area (Å²) in [7, 11) is 2.13. The number of nitrogens with zero attached hydrogens (tertiary/aromatic N) is 1. The van der Waals surface area contributed by atoms with Crippen molar-refractivity contribution in [3.8, 4) is 0 Å². The normalized spacial score (nSPS) is 25.6. The monoisotopic (exact) mass is 159 g/mol. The predicted molar refractivity (Wildman–Crippen MR) is 48.9 cm³/mol. The smallest absolute Gasteiger partial charge is 0.0619 e. The van der Waals surface area contributed by atoms with Gasteiger partial charge >= 0.3 is 0 Å². The third-order valence-corrected chi connectivity index (χ3v) is 1.70. The summed E-state index contributed by atoms with van der Waals surface area (Å²) < 4.78 is 5.21. The predicted octanol–water partition coefficient (Wildman–Crippen LogP) is 1.75. The van der Waals surface area contributed by atoms with E-state index in [1.165, 1.54) is 6.42 Å². The molecule has 0 aromatic heterocycles. The first-order valence-corrected chi connectivity index (χ1v) is 4.50. The van der Waals surface area contributed by atoms with Gasteiger partial charge in [-0.15, -0.1) is 0 Å². The molecule has 1 saturated heterocycles. The second kappa shape index (κ2) is 6.62. The minimum Gasteiger partial charge on any atom is -0.379 e. The highest BCUT2D eigenvalue weighted by Crippen LogP contribution is 2.00. The average Bonchev–Trinajstić information content (AvgIpc) is 1.97. The molecule has 0 bridgehead atoms. The third kappa shape index (κ3) is 5.22. The van der Waals surface area contributed by atoms with E-state index in [0.717, 1.165) is 19.8 Å². The Morgan fingerprint density at radius 2 is 2.00 bits per heavy atom. The van der Waals surface area contributed by atoms with Crippen LogP contribution in [-0.4, -0.2) is 37.7 Å². The lowest BCUT2D eigenvalue weighted by atomic mass is 10.3. The molecule has 0 saturated carbocycles. The lowest BCUT2D eigenvalue weighted by molar-refractivity contribution is 0.0131. The summed E-state index contributed by atoms with van der Waals surface area (Å²) in [5.74, 6) is 0. The van der Waals surface area contributed by atoms with Crippen LogP contribution in [0, 0.1) is 0 Å². The molecule has 0 N–H and O–H groups in total. The molecule has 0 aromatic carbocycles. The number of hydrogen-bond acceptors (Lipinski definition) is 2. The van der Waals surface area contributed by atoms with Gasteiger partial charge < -0.3 is 4.74 Å². The van der Waals surface area contributed by atoms with Gasteiger partial charge in [-0.2, -0.15) is 0 Å². The molecule has 0 unspecified atom stereocenters. The van der Waals surface area contributed by atoms with Crippen LogP contribution in [0.2, 0.25) is 0 Å². The molecule has 68 valence electrons. The van der Waals surface area contributed by atoms with Crippen LogP contribution >= 0.6 is 0 Å². The zero-order chi connectivity index (χ0) is 8.69. The van der Waals surface area contributed by atoms with Crippen LogP contribution in [0.1, 0.15) is 27.2 Å². The van der Waals surface area contributed by atoms with E-state index in [4.69, 9.17) is 4.74 Å². The van der Waals surface area contributed by atoms with Crippen molar-refractivity contribution in [1.29, 1.82) is 0 Å². The first-order chi connectivity index (χ1) is 5.22. The lowest BCUT2D eigenvalue weighted by Crippen LogP contribution is -2.40. The van der Waals surface area contributed by atoms with E-state index in [-0.39, 0.29) is 0 Å². The Labute approximate surface area is 70.5 Å². The molecule has 1 aliphatic rings. The number of rotatable bonds is 0. The van der Waals surface area contributed by atoms with Crippen molar-refractivity contribution < 1.29 is 4.74 Å². The van der Waals surface area contributed by atoms with Crippen LogP contribution < -0.4 is 0 Å². The van der Waals surface area contributed by atoms with Crippen LogP contribution in [0.15, 0.2) is 0 Å². The van der Waals surface area contributed by atoms with E-state index in [9.17, 15) is 0 Å². The molecule has 2 nitrogen and oxygen atoms in total. The van der Waals surface area contributed by atoms with E-state index in [2.05, 4.69) is 32.7 Å². The fraction of sp³-hybridized carbons (Fsp3) is 1.00. The zero-order valence-electron chi connectivity index (χ0n) is 8.26. The maximum absolute atomic E-state index is 5.21. The number of likely N-dealkylation sites (N-methyl/N-ethyl adjacent to an activating group) is 1. The molecule has 1 atom stereocenters. The van der Waals surface area contributed by atoms with Gasteiger partial charge in [0.15, 0.2) is 0 Å². The highest BCUT2D eigenvalue weighted by Gasteiger charge is 2.12. The van der Waals surface area contributed by atoms with E-state index in [1.807, 2.05) is 0 Å². The molecule has 1 aliphatic heterocycles. The summed E-state index contributed by atoms with van der Waals surface area (Å²) in [5.41, 5.74) is 0. The van der Waals surface area contributed by atoms with Crippen molar-refractivity contribution in [2.45, 2.75) is 33.2 Å². The van der Waals surface area contributed by atoms with Gasteiger partial charge in [-0.1, -0.05) is 20.3 Å². The van der Waals surface area contributed by atoms with Gasteiger partial charge in [0.05, 0.1) is 13.2 Å². The third-order valence-electron chi connectivity index (χ3n) is 1.70. The summed E-state index contributed by atoms with van der Waals surface area (Å²) in [6.07, 6.45) is 1.25. The summed E-state index contributed by atoms with van der Waals surface area (Å²) in [6.45, 7) is 9.32. The molecule has 2 heteroatoms. The van der Waals surface area contributed by atoms with Gasteiger partial charge in [0, 0.05) is 12.6 Å². The molecule has 11 heavy (non-hydrogen) atoms. The highest BCUT2D eigenvalue weighted by molar-refractivity contribution is 4.65. The summed E-state index contributed by atoms with van der Waals surface area (Å²) in [6, 6.07) is 0.615. The molecule has 0 spiro atoms. The lowest BCUT2D eigenvalue weighted by Gasteiger charge is -2.29. The van der Waals surface area contributed by atoms with Crippen molar-refractivity contribution in [1.82, 2.24) is 4.90 Å². The van der Waals surface area contributed by atoms with Gasteiger partial charge in [0.2, 0.25) is 0 Å². The Hall–Kier alpha value is -0.0800. The maximum atomic E-state index is 5.21. The number of hydrogen-bond donors (Lipinski definition) is 0. The van der Waals surface area contributed by atoms with Crippen molar-refractivity contribution >= 4 is 0 Å². The topological polar surface area (TPSA) is 12.5 Å². The van der Waals surface area contributed by atoms with Crippen molar-refractivity contribution in [3.63, 3.8) is 0 Å². The summed E-state index contributed by atoms with van der Waals surface area (Å²) >= 11 is 0. The van der Waals surface area contributed by atoms with Crippen molar-refractivity contribution in [3.05, 3.63) is 0 Å². The highest BCUT2D eigenvalue weighted by atomic mass is 16.5.